The summed E-state index contributed by atoms with van der Waals surface area (Å²) in [6.07, 6.45) is 1.15. The summed E-state index contributed by atoms with van der Waals surface area (Å²) < 4.78 is 1.12. The summed E-state index contributed by atoms with van der Waals surface area (Å²) in [6, 6.07) is 7.05. The van der Waals surface area contributed by atoms with Gasteiger partial charge in [0.1, 0.15) is 0 Å². The minimum atomic E-state index is 0.231. The number of halogens is 1. The number of nitrogens with zero attached hydrogens (tertiary/aromatic N) is 1. The van der Waals surface area contributed by atoms with Gasteiger partial charge in [-0.05, 0) is 36.7 Å². The van der Waals surface area contributed by atoms with Crippen molar-refractivity contribution in [1.82, 2.24) is 5.32 Å². The first-order valence-electron chi connectivity index (χ1n) is 6.09. The third-order valence-electron chi connectivity index (χ3n) is 4.15. The van der Waals surface area contributed by atoms with Gasteiger partial charge >= 0.3 is 0 Å². The van der Waals surface area contributed by atoms with E-state index in [1.165, 1.54) is 11.3 Å². The molecule has 0 bridgehead atoms. The van der Waals surface area contributed by atoms with E-state index in [0.29, 0.717) is 12.0 Å². The molecule has 2 N–H and O–H groups in total. The summed E-state index contributed by atoms with van der Waals surface area (Å²) in [4.78, 5) is 2.23. The Morgan fingerprint density at radius 2 is 2.35 bits per heavy atom. The fourth-order valence-electron chi connectivity index (χ4n) is 3.30. The van der Waals surface area contributed by atoms with Crippen molar-refractivity contribution in [2.24, 2.45) is 5.92 Å². The Bertz CT molecular complexity index is 437. The van der Waals surface area contributed by atoms with Crippen LogP contribution in [0.5, 0.6) is 0 Å². The Morgan fingerprint density at radius 1 is 1.53 bits per heavy atom. The van der Waals surface area contributed by atoms with Crippen molar-refractivity contribution in [2.75, 3.05) is 25.1 Å². The van der Waals surface area contributed by atoms with Crippen molar-refractivity contribution in [3.8, 4) is 0 Å². The van der Waals surface area contributed by atoms with Crippen molar-refractivity contribution in [2.45, 2.75) is 18.5 Å². The summed E-state index contributed by atoms with van der Waals surface area (Å²) >= 11 is 3.54. The lowest BCUT2D eigenvalue weighted by atomic mass is 9.82. The van der Waals surface area contributed by atoms with Gasteiger partial charge in [0, 0.05) is 29.2 Å². The summed E-state index contributed by atoms with van der Waals surface area (Å²) in [5.74, 6) is 0.520. The molecule has 4 heteroatoms. The molecule has 1 fully saturated rings. The van der Waals surface area contributed by atoms with E-state index >= 15 is 0 Å². The van der Waals surface area contributed by atoms with E-state index in [2.05, 4.69) is 51.4 Å². The molecule has 2 heterocycles. The highest BCUT2D eigenvalue weighted by atomic mass is 79.9. The zero-order chi connectivity index (χ0) is 12.0. The van der Waals surface area contributed by atoms with Crippen molar-refractivity contribution < 1.29 is 5.11 Å². The molecule has 0 radical (unpaired) electrons. The van der Waals surface area contributed by atoms with Gasteiger partial charge < -0.3 is 15.3 Å². The van der Waals surface area contributed by atoms with Gasteiger partial charge in [0.2, 0.25) is 0 Å². The zero-order valence-corrected chi connectivity index (χ0v) is 11.4. The molecular formula is C13H17BrN2O. The largest absolute Gasteiger partial charge is 0.394 e. The fourth-order valence-corrected chi connectivity index (χ4v) is 3.68. The molecule has 0 unspecified atom stereocenters. The molecule has 3 atom stereocenters. The SMILES string of the molecule is CN1c2ccc(Br)cc2[C@@H]2NCC[C@@H]2[C@@H]1CO. The normalized spacial score (nSPS) is 31.2. The molecule has 3 rings (SSSR count). The molecule has 2 aliphatic heterocycles. The van der Waals surface area contributed by atoms with Gasteiger partial charge in [0.15, 0.2) is 0 Å². The lowest BCUT2D eigenvalue weighted by Crippen LogP contribution is -2.47. The second-order valence-electron chi connectivity index (χ2n) is 4.95. The number of aliphatic hydroxyl groups is 1. The summed E-state index contributed by atoms with van der Waals surface area (Å²) in [5.41, 5.74) is 2.59. The maximum atomic E-state index is 9.61. The molecule has 2 aliphatic rings. The number of aliphatic hydroxyl groups excluding tert-OH is 1. The lowest BCUT2D eigenvalue weighted by Gasteiger charge is -2.42. The number of fused-ring (bicyclic) bond motifs is 3. The molecule has 0 amide bonds. The molecular weight excluding hydrogens is 280 g/mol. The van der Waals surface area contributed by atoms with Crippen LogP contribution in [0.1, 0.15) is 18.0 Å². The van der Waals surface area contributed by atoms with E-state index in [0.717, 1.165) is 17.4 Å². The quantitative estimate of drug-likeness (QED) is 0.831. The molecule has 0 spiro atoms. The van der Waals surface area contributed by atoms with Crippen LogP contribution >= 0.6 is 15.9 Å². The molecule has 92 valence electrons. The number of anilines is 1. The smallest absolute Gasteiger partial charge is 0.0638 e. The predicted molar refractivity (Wildman–Crippen MR) is 72.3 cm³/mol. The highest BCUT2D eigenvalue weighted by Gasteiger charge is 2.41. The minimum Gasteiger partial charge on any atom is -0.394 e. The third-order valence-corrected chi connectivity index (χ3v) is 4.65. The predicted octanol–water partition coefficient (Wildman–Crippen LogP) is 1.91. The maximum absolute atomic E-state index is 9.61. The fraction of sp³-hybridized carbons (Fsp3) is 0.538. The average molecular weight is 297 g/mol. The van der Waals surface area contributed by atoms with Gasteiger partial charge in [0.25, 0.3) is 0 Å². The Morgan fingerprint density at radius 3 is 3.12 bits per heavy atom. The number of rotatable bonds is 1. The standard InChI is InChI=1S/C13H17BrN2O/c1-16-11-3-2-8(14)6-10(11)13-9(4-5-15-13)12(16)7-17/h2-3,6,9,12-13,15,17H,4-5,7H2,1H3/t9-,12+,13-/m1/s1. The van der Waals surface area contributed by atoms with Crippen LogP contribution in [0.3, 0.4) is 0 Å². The van der Waals surface area contributed by atoms with Crippen LogP contribution in [0.2, 0.25) is 0 Å². The molecule has 0 aliphatic carbocycles. The molecule has 0 aromatic heterocycles. The molecule has 1 saturated heterocycles. The summed E-state index contributed by atoms with van der Waals surface area (Å²) in [7, 11) is 2.09. The van der Waals surface area contributed by atoms with Crippen molar-refractivity contribution in [3.63, 3.8) is 0 Å². The third kappa shape index (κ3) is 1.70. The van der Waals surface area contributed by atoms with Crippen LogP contribution in [0.15, 0.2) is 22.7 Å². The molecule has 1 aromatic rings. The Kier molecular flexibility index (Phi) is 2.89. The van der Waals surface area contributed by atoms with E-state index in [9.17, 15) is 5.11 Å². The van der Waals surface area contributed by atoms with Gasteiger partial charge in [-0.25, -0.2) is 0 Å². The van der Waals surface area contributed by atoms with Crippen LogP contribution in [0.25, 0.3) is 0 Å². The molecule has 17 heavy (non-hydrogen) atoms. The first kappa shape index (κ1) is 11.5. The number of likely N-dealkylation sites (N-methyl/N-ethyl adjacent to an activating group) is 1. The minimum absolute atomic E-state index is 0.231. The summed E-state index contributed by atoms with van der Waals surface area (Å²) in [6.45, 7) is 1.28. The Balaban J connectivity index is 2.11. The first-order chi connectivity index (χ1) is 8.22. The van der Waals surface area contributed by atoms with E-state index in [4.69, 9.17) is 0 Å². The van der Waals surface area contributed by atoms with E-state index in [-0.39, 0.29) is 12.6 Å². The second kappa shape index (κ2) is 4.26. The monoisotopic (exact) mass is 296 g/mol. The second-order valence-corrected chi connectivity index (χ2v) is 5.86. The van der Waals surface area contributed by atoms with Gasteiger partial charge in [-0.2, -0.15) is 0 Å². The lowest BCUT2D eigenvalue weighted by molar-refractivity contribution is 0.206. The number of hydrogen-bond donors (Lipinski definition) is 2. The van der Waals surface area contributed by atoms with E-state index < -0.39 is 0 Å². The van der Waals surface area contributed by atoms with Crippen LogP contribution in [0.4, 0.5) is 5.69 Å². The topological polar surface area (TPSA) is 35.5 Å². The van der Waals surface area contributed by atoms with Crippen LogP contribution in [-0.2, 0) is 0 Å². The highest BCUT2D eigenvalue weighted by molar-refractivity contribution is 9.10. The first-order valence-corrected chi connectivity index (χ1v) is 6.88. The Hall–Kier alpha value is -0.580. The van der Waals surface area contributed by atoms with Crippen molar-refractivity contribution >= 4 is 21.6 Å². The molecule has 0 saturated carbocycles. The summed E-state index contributed by atoms with van der Waals surface area (Å²) in [5, 5.41) is 13.2. The average Bonchev–Trinajstić information content (AvgIpc) is 2.78. The zero-order valence-electron chi connectivity index (χ0n) is 9.86. The molecule has 3 nitrogen and oxygen atoms in total. The van der Waals surface area contributed by atoms with Gasteiger partial charge in [-0.1, -0.05) is 15.9 Å². The molecule has 1 aromatic carbocycles. The number of nitrogens with one attached hydrogen (secondary N) is 1. The van der Waals surface area contributed by atoms with E-state index in [1.54, 1.807) is 0 Å². The highest BCUT2D eigenvalue weighted by Crippen LogP contribution is 2.44. The maximum Gasteiger partial charge on any atom is 0.0638 e. The van der Waals surface area contributed by atoms with Crippen molar-refractivity contribution in [3.05, 3.63) is 28.2 Å². The number of hydrogen-bond acceptors (Lipinski definition) is 3. The van der Waals surface area contributed by atoms with Crippen LogP contribution in [-0.4, -0.2) is 31.3 Å². The number of benzene rings is 1. The Labute approximate surface area is 110 Å². The van der Waals surface area contributed by atoms with E-state index in [1.807, 2.05) is 0 Å². The van der Waals surface area contributed by atoms with Gasteiger partial charge in [0.05, 0.1) is 12.6 Å². The van der Waals surface area contributed by atoms with Gasteiger partial charge in [-0.3, -0.25) is 0 Å². The van der Waals surface area contributed by atoms with Gasteiger partial charge in [-0.15, -0.1) is 0 Å². The van der Waals surface area contributed by atoms with Crippen molar-refractivity contribution in [1.29, 1.82) is 0 Å². The van der Waals surface area contributed by atoms with Crippen LogP contribution in [0, 0.1) is 5.92 Å². The van der Waals surface area contributed by atoms with Crippen LogP contribution < -0.4 is 10.2 Å².